The Labute approximate surface area is 109 Å². The largest absolute Gasteiger partial charge is 0.478 e. The summed E-state index contributed by atoms with van der Waals surface area (Å²) in [7, 11) is 0. The third-order valence-corrected chi connectivity index (χ3v) is 3.31. The first-order valence-electron chi connectivity index (χ1n) is 6.06. The summed E-state index contributed by atoms with van der Waals surface area (Å²) in [6.45, 7) is 0. The van der Waals surface area contributed by atoms with Crippen molar-refractivity contribution in [1.82, 2.24) is 0 Å². The molecule has 1 aliphatic rings. The maximum absolute atomic E-state index is 13.1. The van der Waals surface area contributed by atoms with Gasteiger partial charge in [0.2, 0.25) is 5.91 Å². The third kappa shape index (κ3) is 3.08. The van der Waals surface area contributed by atoms with Gasteiger partial charge in [-0.05, 0) is 37.5 Å². The van der Waals surface area contributed by atoms with Gasteiger partial charge in [0.05, 0.1) is 11.3 Å². The number of benzene rings is 1. The van der Waals surface area contributed by atoms with Crippen LogP contribution in [0.1, 0.15) is 29.6 Å². The quantitative estimate of drug-likeness (QED) is 0.774. The molecule has 1 amide bonds. The number of aromatic carboxylic acids is 1. The highest BCUT2D eigenvalue weighted by molar-refractivity contribution is 6.01. The molecule has 0 aromatic heterocycles. The number of anilines is 1. The fourth-order valence-electron chi connectivity index (χ4n) is 2.30. The lowest BCUT2D eigenvalue weighted by atomic mass is 10.1. The fourth-order valence-corrected chi connectivity index (χ4v) is 2.30. The number of hydrogen-bond acceptors (Lipinski definition) is 3. The van der Waals surface area contributed by atoms with E-state index in [1.807, 2.05) is 0 Å². The molecule has 0 bridgehead atoms. The van der Waals surface area contributed by atoms with E-state index >= 15 is 0 Å². The Hall–Kier alpha value is -1.95. The van der Waals surface area contributed by atoms with Crippen molar-refractivity contribution in [2.75, 3.05) is 5.32 Å². The summed E-state index contributed by atoms with van der Waals surface area (Å²) in [6.07, 6.45) is 2.02. The number of nitrogens with one attached hydrogen (secondary N) is 1. The van der Waals surface area contributed by atoms with E-state index in [1.54, 1.807) is 0 Å². The minimum absolute atomic E-state index is 0.00204. The average Bonchev–Trinajstić information content (AvgIpc) is 2.75. The Morgan fingerprint density at radius 2 is 2.11 bits per heavy atom. The molecule has 1 aromatic rings. The van der Waals surface area contributed by atoms with Gasteiger partial charge in [0.25, 0.3) is 0 Å². The molecule has 1 aromatic carbocycles. The van der Waals surface area contributed by atoms with E-state index in [1.165, 1.54) is 0 Å². The van der Waals surface area contributed by atoms with Gasteiger partial charge in [-0.15, -0.1) is 0 Å². The molecule has 2 rings (SSSR count). The molecule has 6 heteroatoms. The summed E-state index contributed by atoms with van der Waals surface area (Å²) in [5.74, 6) is -2.34. The molecular formula is C13H15FN2O3. The molecule has 4 N–H and O–H groups in total. The summed E-state index contributed by atoms with van der Waals surface area (Å²) in [4.78, 5) is 23.0. The molecule has 1 saturated carbocycles. The predicted molar refractivity (Wildman–Crippen MR) is 67.3 cm³/mol. The summed E-state index contributed by atoms with van der Waals surface area (Å²) >= 11 is 0. The molecule has 0 aliphatic heterocycles. The standard InChI is InChI=1S/C13H15FN2O3/c14-8-2-4-10(13(18)19)11(6-8)16-12(17)7-1-3-9(15)5-7/h2,4,6-7,9H,1,3,5,15H2,(H,16,17)(H,18,19). The van der Waals surface area contributed by atoms with Crippen molar-refractivity contribution in [1.29, 1.82) is 0 Å². The van der Waals surface area contributed by atoms with Gasteiger partial charge in [-0.2, -0.15) is 0 Å². The van der Waals surface area contributed by atoms with Crippen LogP contribution in [0.3, 0.4) is 0 Å². The second kappa shape index (κ2) is 5.36. The number of hydrogen-bond donors (Lipinski definition) is 3. The lowest BCUT2D eigenvalue weighted by molar-refractivity contribution is -0.119. The van der Waals surface area contributed by atoms with Crippen LogP contribution in [0.25, 0.3) is 0 Å². The highest BCUT2D eigenvalue weighted by atomic mass is 19.1. The second-order valence-electron chi connectivity index (χ2n) is 4.75. The second-order valence-corrected chi connectivity index (χ2v) is 4.75. The van der Waals surface area contributed by atoms with E-state index in [4.69, 9.17) is 10.8 Å². The number of carbonyl (C=O) groups is 2. The van der Waals surface area contributed by atoms with Crippen molar-refractivity contribution in [2.45, 2.75) is 25.3 Å². The maximum Gasteiger partial charge on any atom is 0.337 e. The van der Waals surface area contributed by atoms with Crippen LogP contribution in [0.4, 0.5) is 10.1 Å². The van der Waals surface area contributed by atoms with E-state index in [2.05, 4.69) is 5.32 Å². The molecule has 1 aliphatic carbocycles. The zero-order valence-corrected chi connectivity index (χ0v) is 10.2. The van der Waals surface area contributed by atoms with E-state index in [0.29, 0.717) is 12.8 Å². The molecule has 19 heavy (non-hydrogen) atoms. The van der Waals surface area contributed by atoms with Gasteiger partial charge in [0.1, 0.15) is 5.82 Å². The van der Waals surface area contributed by atoms with Gasteiger partial charge < -0.3 is 16.2 Å². The summed E-state index contributed by atoms with van der Waals surface area (Å²) in [6, 6.07) is 3.19. The minimum atomic E-state index is -1.21. The Balaban J connectivity index is 2.16. The van der Waals surface area contributed by atoms with Crippen molar-refractivity contribution in [2.24, 2.45) is 11.7 Å². The zero-order chi connectivity index (χ0) is 14.0. The molecule has 1 fully saturated rings. The van der Waals surface area contributed by atoms with Crippen LogP contribution in [0.5, 0.6) is 0 Å². The smallest absolute Gasteiger partial charge is 0.337 e. The molecular weight excluding hydrogens is 251 g/mol. The van der Waals surface area contributed by atoms with Crippen molar-refractivity contribution >= 4 is 17.6 Å². The highest BCUT2D eigenvalue weighted by Crippen LogP contribution is 2.26. The molecule has 2 unspecified atom stereocenters. The maximum atomic E-state index is 13.1. The number of carboxylic acids is 1. The normalized spacial score (nSPS) is 22.2. The Kier molecular flexibility index (Phi) is 3.80. The van der Waals surface area contributed by atoms with Crippen LogP contribution < -0.4 is 11.1 Å². The van der Waals surface area contributed by atoms with Crippen LogP contribution >= 0.6 is 0 Å². The van der Waals surface area contributed by atoms with Crippen LogP contribution in [0.2, 0.25) is 0 Å². The number of nitrogens with two attached hydrogens (primary N) is 1. The first-order valence-corrected chi connectivity index (χ1v) is 6.06. The summed E-state index contributed by atoms with van der Waals surface area (Å²) < 4.78 is 13.1. The first kappa shape index (κ1) is 13.5. The molecule has 0 heterocycles. The van der Waals surface area contributed by atoms with E-state index in [0.717, 1.165) is 24.6 Å². The Morgan fingerprint density at radius 3 is 2.68 bits per heavy atom. The number of amides is 1. The molecule has 0 saturated heterocycles. The Bertz CT molecular complexity index is 519. The highest BCUT2D eigenvalue weighted by Gasteiger charge is 2.28. The Morgan fingerprint density at radius 1 is 1.37 bits per heavy atom. The van der Waals surface area contributed by atoms with Crippen molar-refractivity contribution in [3.8, 4) is 0 Å². The molecule has 5 nitrogen and oxygen atoms in total. The van der Waals surface area contributed by atoms with Crippen molar-refractivity contribution in [3.63, 3.8) is 0 Å². The number of halogens is 1. The third-order valence-electron chi connectivity index (χ3n) is 3.31. The average molecular weight is 266 g/mol. The molecule has 2 atom stereocenters. The zero-order valence-electron chi connectivity index (χ0n) is 10.2. The van der Waals surface area contributed by atoms with Crippen LogP contribution in [0.15, 0.2) is 18.2 Å². The van der Waals surface area contributed by atoms with Gasteiger partial charge in [0, 0.05) is 12.0 Å². The first-order chi connectivity index (χ1) is 8.97. The lowest BCUT2D eigenvalue weighted by Gasteiger charge is -2.12. The van der Waals surface area contributed by atoms with E-state index in [9.17, 15) is 14.0 Å². The predicted octanol–water partition coefficient (Wildman–Crippen LogP) is 1.59. The summed E-state index contributed by atoms with van der Waals surface area (Å²) in [5.41, 5.74) is 5.58. The summed E-state index contributed by atoms with van der Waals surface area (Å²) in [5, 5.41) is 11.5. The molecule has 0 radical (unpaired) electrons. The van der Waals surface area contributed by atoms with Gasteiger partial charge in [-0.3, -0.25) is 4.79 Å². The van der Waals surface area contributed by atoms with E-state index in [-0.39, 0.29) is 29.1 Å². The lowest BCUT2D eigenvalue weighted by Crippen LogP contribution is -2.24. The van der Waals surface area contributed by atoms with Gasteiger partial charge in [-0.1, -0.05) is 0 Å². The number of carboxylic acid groups (broad SMARTS) is 1. The fraction of sp³-hybridized carbons (Fsp3) is 0.385. The van der Waals surface area contributed by atoms with Crippen LogP contribution in [0, 0.1) is 11.7 Å². The van der Waals surface area contributed by atoms with Gasteiger partial charge in [-0.25, -0.2) is 9.18 Å². The topological polar surface area (TPSA) is 92.4 Å². The number of rotatable bonds is 3. The molecule has 102 valence electrons. The SMILES string of the molecule is NC1CCC(C(=O)Nc2cc(F)ccc2C(=O)O)C1. The van der Waals surface area contributed by atoms with E-state index < -0.39 is 11.8 Å². The van der Waals surface area contributed by atoms with Crippen molar-refractivity contribution < 1.29 is 19.1 Å². The van der Waals surface area contributed by atoms with Crippen LogP contribution in [-0.4, -0.2) is 23.0 Å². The van der Waals surface area contributed by atoms with Crippen molar-refractivity contribution in [3.05, 3.63) is 29.6 Å². The monoisotopic (exact) mass is 266 g/mol. The molecule has 0 spiro atoms. The van der Waals surface area contributed by atoms with Crippen LogP contribution in [-0.2, 0) is 4.79 Å². The minimum Gasteiger partial charge on any atom is -0.478 e. The van der Waals surface area contributed by atoms with Gasteiger partial charge in [0.15, 0.2) is 0 Å². The van der Waals surface area contributed by atoms with Gasteiger partial charge >= 0.3 is 5.97 Å². The number of carbonyl (C=O) groups excluding carboxylic acids is 1.